The molecular weight excluding hydrogens is 520 g/mol. The monoisotopic (exact) mass is 546 g/mol. The Morgan fingerprint density at radius 2 is 1.70 bits per heavy atom. The Bertz CT molecular complexity index is 1780. The Balaban J connectivity index is 1.47. The van der Waals surface area contributed by atoms with Crippen molar-refractivity contribution in [3.63, 3.8) is 0 Å². The van der Waals surface area contributed by atoms with E-state index in [0.29, 0.717) is 23.2 Å². The molecule has 2 aliphatic heterocycles. The van der Waals surface area contributed by atoms with Crippen LogP contribution < -0.4 is 19.7 Å². The van der Waals surface area contributed by atoms with E-state index in [1.807, 2.05) is 71.4 Å². The van der Waals surface area contributed by atoms with Crippen LogP contribution in [-0.2, 0) is 0 Å². The number of fused-ring (bicyclic) bond motifs is 4. The topological polar surface area (TPSA) is 76.3 Å². The van der Waals surface area contributed by atoms with Gasteiger partial charge in [-0.15, -0.1) is 11.3 Å². The summed E-state index contributed by atoms with van der Waals surface area (Å²) in [5.41, 5.74) is 5.57. The van der Waals surface area contributed by atoms with E-state index < -0.39 is 0 Å². The molecule has 0 radical (unpaired) electrons. The Morgan fingerprint density at radius 3 is 2.48 bits per heavy atom. The molecule has 4 heterocycles. The first-order chi connectivity index (χ1) is 19.7. The van der Waals surface area contributed by atoms with Gasteiger partial charge in [0.05, 0.1) is 42.7 Å². The molecule has 0 amide bonds. The molecule has 7 rings (SSSR count). The average molecular weight is 547 g/mol. The lowest BCUT2D eigenvalue weighted by Gasteiger charge is -2.40. The molecule has 198 valence electrons. The summed E-state index contributed by atoms with van der Waals surface area (Å²) in [5.74, 6) is 3.47. The molecule has 0 saturated carbocycles. The number of nitrogens with zero attached hydrogens (tertiary/aromatic N) is 5. The molecule has 0 saturated heterocycles. The van der Waals surface area contributed by atoms with Gasteiger partial charge in [-0.25, -0.2) is 14.7 Å². The summed E-state index contributed by atoms with van der Waals surface area (Å²) in [5, 5.41) is 10.6. The van der Waals surface area contributed by atoms with Crippen molar-refractivity contribution in [3.8, 4) is 17.2 Å². The zero-order chi connectivity index (χ0) is 27.2. The first-order valence-electron chi connectivity index (χ1n) is 12.9. The molecule has 1 unspecified atom stereocenters. The standard InChI is InChI=1S/C31H26N6O2S/c1-19-27-28(26-14-9-17-40-26)36-24-13-8-7-12-22(24)32-29(33-23-16-15-21(38-2)18-25(23)39-3)31(36)34-30(27)37(35-19)20-10-5-4-6-11-20/h4-18,28H,1-3H3,(H,32,33). The molecule has 0 aliphatic carbocycles. The van der Waals surface area contributed by atoms with Crippen LogP contribution in [-0.4, -0.2) is 35.7 Å². The lowest BCUT2D eigenvalue weighted by Crippen LogP contribution is -2.46. The van der Waals surface area contributed by atoms with E-state index in [4.69, 9.17) is 24.6 Å². The molecule has 2 aromatic heterocycles. The van der Waals surface area contributed by atoms with Crippen LogP contribution in [0, 0.1) is 6.92 Å². The van der Waals surface area contributed by atoms with Crippen molar-refractivity contribution in [2.24, 2.45) is 9.98 Å². The van der Waals surface area contributed by atoms with E-state index in [0.717, 1.165) is 39.8 Å². The van der Waals surface area contributed by atoms with Gasteiger partial charge in [0.15, 0.2) is 17.5 Å². The number of nitrogens with one attached hydrogen (secondary N) is 1. The minimum Gasteiger partial charge on any atom is -0.497 e. The van der Waals surface area contributed by atoms with E-state index in [2.05, 4.69) is 40.7 Å². The fourth-order valence-corrected chi connectivity index (χ4v) is 6.12. The first kappa shape index (κ1) is 24.2. The molecule has 8 nitrogen and oxygen atoms in total. The smallest absolute Gasteiger partial charge is 0.179 e. The Labute approximate surface area is 235 Å². The number of anilines is 2. The lowest BCUT2D eigenvalue weighted by atomic mass is 9.98. The number of methoxy groups -OCH3 is 2. The largest absolute Gasteiger partial charge is 0.497 e. The molecule has 9 heteroatoms. The van der Waals surface area contributed by atoms with Crippen LogP contribution in [0.1, 0.15) is 22.2 Å². The second kappa shape index (κ2) is 9.69. The number of para-hydroxylation sites is 3. The average Bonchev–Trinajstić information content (AvgIpc) is 3.65. The highest BCUT2D eigenvalue weighted by Crippen LogP contribution is 2.49. The highest BCUT2D eigenvalue weighted by atomic mass is 32.1. The molecular formula is C31H26N6O2S. The summed E-state index contributed by atoms with van der Waals surface area (Å²) in [6, 6.07) is 28.1. The highest BCUT2D eigenvalue weighted by Gasteiger charge is 2.42. The van der Waals surface area contributed by atoms with Crippen molar-refractivity contribution < 1.29 is 9.47 Å². The number of rotatable bonds is 5. The predicted molar refractivity (Wildman–Crippen MR) is 161 cm³/mol. The highest BCUT2D eigenvalue weighted by molar-refractivity contribution is 7.10. The van der Waals surface area contributed by atoms with E-state index in [1.165, 1.54) is 4.88 Å². The van der Waals surface area contributed by atoms with Crippen LogP contribution in [0.3, 0.4) is 0 Å². The number of thiophene rings is 1. The Kier molecular flexibility index (Phi) is 5.86. The van der Waals surface area contributed by atoms with Gasteiger partial charge in [0, 0.05) is 16.5 Å². The van der Waals surface area contributed by atoms with E-state index in [-0.39, 0.29) is 6.04 Å². The van der Waals surface area contributed by atoms with Gasteiger partial charge in [-0.05, 0) is 54.8 Å². The zero-order valence-corrected chi connectivity index (χ0v) is 23.0. The second-order valence-electron chi connectivity index (χ2n) is 9.43. The number of amidine groups is 2. The number of hydrogen-bond acceptors (Lipinski definition) is 8. The van der Waals surface area contributed by atoms with E-state index >= 15 is 0 Å². The van der Waals surface area contributed by atoms with Crippen LogP contribution in [0.5, 0.6) is 11.5 Å². The van der Waals surface area contributed by atoms with Crippen LogP contribution in [0.2, 0.25) is 0 Å². The van der Waals surface area contributed by atoms with Gasteiger partial charge in [0.2, 0.25) is 0 Å². The predicted octanol–water partition coefficient (Wildman–Crippen LogP) is 7.05. The SMILES string of the molecule is COc1ccc(NC2=Nc3ccccc3N3C2=Nc2c(c(C)nn2-c2ccccc2)C3c2cccs2)c(OC)c1. The van der Waals surface area contributed by atoms with Crippen LogP contribution in [0.15, 0.2) is 100 Å². The summed E-state index contributed by atoms with van der Waals surface area (Å²) >= 11 is 1.72. The molecule has 3 aromatic carbocycles. The van der Waals surface area contributed by atoms with Crippen LogP contribution in [0.25, 0.3) is 5.69 Å². The van der Waals surface area contributed by atoms with Crippen molar-refractivity contribution in [2.45, 2.75) is 13.0 Å². The zero-order valence-electron chi connectivity index (χ0n) is 22.2. The van der Waals surface area contributed by atoms with Crippen LogP contribution in [0.4, 0.5) is 22.9 Å². The molecule has 2 aliphatic rings. The maximum Gasteiger partial charge on any atom is 0.179 e. The number of benzene rings is 3. The lowest BCUT2D eigenvalue weighted by molar-refractivity contribution is 0.395. The Hall–Kier alpha value is -4.89. The van der Waals surface area contributed by atoms with E-state index in [9.17, 15) is 0 Å². The maximum absolute atomic E-state index is 5.69. The summed E-state index contributed by atoms with van der Waals surface area (Å²) in [6.07, 6.45) is 0. The van der Waals surface area contributed by atoms with Gasteiger partial charge in [-0.1, -0.05) is 36.4 Å². The molecule has 1 atom stereocenters. The van der Waals surface area contributed by atoms with Crippen molar-refractivity contribution in [1.82, 2.24) is 9.78 Å². The molecule has 5 aromatic rings. The Morgan fingerprint density at radius 1 is 0.875 bits per heavy atom. The quantitative estimate of drug-likeness (QED) is 0.256. The van der Waals surface area contributed by atoms with Crippen molar-refractivity contribution in [3.05, 3.63) is 106 Å². The molecule has 1 N–H and O–H groups in total. The normalized spacial score (nSPS) is 15.4. The minimum absolute atomic E-state index is 0.133. The summed E-state index contributed by atoms with van der Waals surface area (Å²) in [4.78, 5) is 13.8. The summed E-state index contributed by atoms with van der Waals surface area (Å²) in [6.45, 7) is 2.06. The third kappa shape index (κ3) is 3.85. The molecule has 0 fully saturated rings. The number of ether oxygens (including phenoxy) is 2. The second-order valence-corrected chi connectivity index (χ2v) is 10.4. The van der Waals surface area contributed by atoms with Crippen molar-refractivity contribution >= 4 is 45.9 Å². The third-order valence-corrected chi connectivity index (χ3v) is 8.04. The maximum atomic E-state index is 5.69. The molecule has 0 bridgehead atoms. The fourth-order valence-electron chi connectivity index (χ4n) is 5.29. The van der Waals surface area contributed by atoms with Crippen molar-refractivity contribution in [2.75, 3.05) is 24.4 Å². The minimum atomic E-state index is -0.133. The van der Waals surface area contributed by atoms with Gasteiger partial charge in [-0.3, -0.25) is 0 Å². The van der Waals surface area contributed by atoms with Gasteiger partial charge in [0.1, 0.15) is 17.5 Å². The number of hydrogen-bond donors (Lipinski definition) is 1. The molecule has 0 spiro atoms. The fraction of sp³-hybridized carbons (Fsp3) is 0.129. The van der Waals surface area contributed by atoms with Crippen LogP contribution >= 0.6 is 11.3 Å². The van der Waals surface area contributed by atoms with Gasteiger partial charge < -0.3 is 19.7 Å². The number of aromatic nitrogens is 2. The van der Waals surface area contributed by atoms with Gasteiger partial charge >= 0.3 is 0 Å². The molecule has 40 heavy (non-hydrogen) atoms. The third-order valence-electron chi connectivity index (χ3n) is 7.11. The summed E-state index contributed by atoms with van der Waals surface area (Å²) < 4.78 is 13.0. The van der Waals surface area contributed by atoms with Crippen molar-refractivity contribution in [1.29, 1.82) is 0 Å². The number of aliphatic imine (C=N–C) groups is 2. The number of aryl methyl sites for hydroxylation is 1. The van der Waals surface area contributed by atoms with Gasteiger partial charge in [0.25, 0.3) is 0 Å². The van der Waals surface area contributed by atoms with E-state index in [1.54, 1.807) is 25.6 Å². The summed E-state index contributed by atoms with van der Waals surface area (Å²) in [7, 11) is 3.28. The van der Waals surface area contributed by atoms with Gasteiger partial charge in [-0.2, -0.15) is 5.10 Å². The first-order valence-corrected chi connectivity index (χ1v) is 13.8.